The number of halogens is 1. The Morgan fingerprint density at radius 2 is 2.21 bits per heavy atom. The summed E-state index contributed by atoms with van der Waals surface area (Å²) in [5.41, 5.74) is 5.52. The predicted octanol–water partition coefficient (Wildman–Crippen LogP) is 0.221. The van der Waals surface area contributed by atoms with Gasteiger partial charge in [0.05, 0.1) is 5.69 Å². The van der Waals surface area contributed by atoms with Gasteiger partial charge in [0.1, 0.15) is 5.15 Å². The lowest BCUT2D eigenvalue weighted by Gasteiger charge is -2.07. The van der Waals surface area contributed by atoms with E-state index in [0.717, 1.165) is 0 Å². The lowest BCUT2D eigenvalue weighted by Crippen LogP contribution is -2.14. The van der Waals surface area contributed by atoms with Crippen molar-refractivity contribution in [3.63, 3.8) is 0 Å². The highest BCUT2D eigenvalue weighted by atomic mass is 35.5. The van der Waals surface area contributed by atoms with Crippen LogP contribution in [0.1, 0.15) is 24.6 Å². The lowest BCUT2D eigenvalue weighted by atomic mass is 10.1. The van der Waals surface area contributed by atoms with E-state index in [2.05, 4.69) is 9.97 Å². The van der Waals surface area contributed by atoms with Gasteiger partial charge >= 0.3 is 11.7 Å². The van der Waals surface area contributed by atoms with Gasteiger partial charge in [0.25, 0.3) is 0 Å². The molecule has 1 aromatic rings. The largest absolute Gasteiger partial charge is 0.481 e. The second-order valence-corrected chi connectivity index (χ2v) is 3.22. The molecule has 0 fully saturated rings. The molecular weight excluding hydrogens is 210 g/mol. The second-order valence-electron chi connectivity index (χ2n) is 2.85. The standard InChI is InChI=1S/C7H10ClN3O3/c8-6-5(10-7(14)11-6)3(9)1-2-4(12)13/h3H,1-2,9H2,(H,12,13)(H2,10,11,14). The SMILES string of the molecule is NC(CCC(=O)O)c1[nH]c(=O)[nH]c1Cl. The maximum Gasteiger partial charge on any atom is 0.324 e. The Hall–Kier alpha value is -1.27. The van der Waals surface area contributed by atoms with Crippen LogP contribution in [0.5, 0.6) is 0 Å². The van der Waals surface area contributed by atoms with Gasteiger partial charge in [-0.1, -0.05) is 11.6 Å². The molecule has 0 saturated heterocycles. The van der Waals surface area contributed by atoms with Crippen LogP contribution >= 0.6 is 11.6 Å². The van der Waals surface area contributed by atoms with Crippen molar-refractivity contribution in [2.75, 3.05) is 0 Å². The van der Waals surface area contributed by atoms with Crippen molar-refractivity contribution < 1.29 is 9.90 Å². The van der Waals surface area contributed by atoms with Gasteiger partial charge in [-0.05, 0) is 6.42 Å². The molecule has 0 spiro atoms. The molecule has 1 aromatic heterocycles. The first kappa shape index (κ1) is 10.8. The molecular formula is C7H10ClN3O3. The summed E-state index contributed by atoms with van der Waals surface area (Å²) in [6.45, 7) is 0. The summed E-state index contributed by atoms with van der Waals surface area (Å²) in [7, 11) is 0. The summed E-state index contributed by atoms with van der Waals surface area (Å²) >= 11 is 5.64. The number of carbonyl (C=O) groups is 1. The van der Waals surface area contributed by atoms with E-state index in [1.807, 2.05) is 0 Å². The number of carboxylic acids is 1. The summed E-state index contributed by atoms with van der Waals surface area (Å²) in [5, 5.41) is 8.55. The summed E-state index contributed by atoms with van der Waals surface area (Å²) in [4.78, 5) is 25.8. The number of nitrogens with two attached hydrogens (primary N) is 1. The van der Waals surface area contributed by atoms with Crippen molar-refractivity contribution in [2.45, 2.75) is 18.9 Å². The van der Waals surface area contributed by atoms with Gasteiger partial charge in [-0.3, -0.25) is 9.78 Å². The normalized spacial score (nSPS) is 12.7. The van der Waals surface area contributed by atoms with Gasteiger partial charge in [0, 0.05) is 12.5 Å². The Bertz CT molecular complexity index is 384. The molecule has 0 aliphatic rings. The first-order valence-corrected chi connectivity index (χ1v) is 4.33. The Kier molecular flexibility index (Phi) is 3.32. The third-order valence-corrected chi connectivity index (χ3v) is 2.05. The Balaban J connectivity index is 2.69. The zero-order valence-electron chi connectivity index (χ0n) is 7.21. The topological polar surface area (TPSA) is 112 Å². The molecule has 0 saturated carbocycles. The fourth-order valence-electron chi connectivity index (χ4n) is 1.05. The second kappa shape index (κ2) is 4.30. The van der Waals surface area contributed by atoms with Crippen LogP contribution in [0.3, 0.4) is 0 Å². The van der Waals surface area contributed by atoms with E-state index in [0.29, 0.717) is 5.69 Å². The molecule has 1 atom stereocenters. The average Bonchev–Trinajstić information content (AvgIpc) is 2.41. The highest BCUT2D eigenvalue weighted by Gasteiger charge is 2.14. The number of carboxylic acid groups (broad SMARTS) is 1. The number of nitrogens with one attached hydrogen (secondary N) is 2. The zero-order valence-corrected chi connectivity index (χ0v) is 7.97. The molecule has 1 rings (SSSR count). The number of imidazole rings is 1. The number of aromatic amines is 2. The zero-order chi connectivity index (χ0) is 10.7. The van der Waals surface area contributed by atoms with E-state index in [4.69, 9.17) is 22.4 Å². The van der Waals surface area contributed by atoms with Crippen molar-refractivity contribution in [3.05, 3.63) is 21.3 Å². The smallest absolute Gasteiger partial charge is 0.324 e. The van der Waals surface area contributed by atoms with Crippen molar-refractivity contribution in [1.82, 2.24) is 9.97 Å². The molecule has 5 N–H and O–H groups in total. The van der Waals surface area contributed by atoms with Gasteiger partial charge in [-0.15, -0.1) is 0 Å². The maximum absolute atomic E-state index is 10.8. The first-order chi connectivity index (χ1) is 6.50. The molecule has 0 aliphatic carbocycles. The summed E-state index contributed by atoms with van der Waals surface area (Å²) in [6, 6.07) is -0.572. The van der Waals surface area contributed by atoms with Crippen LogP contribution in [-0.4, -0.2) is 21.0 Å². The Morgan fingerprint density at radius 1 is 1.57 bits per heavy atom. The van der Waals surface area contributed by atoms with Crippen LogP contribution in [0.25, 0.3) is 0 Å². The van der Waals surface area contributed by atoms with Crippen LogP contribution < -0.4 is 11.4 Å². The molecule has 0 aliphatic heterocycles. The molecule has 0 aromatic carbocycles. The minimum Gasteiger partial charge on any atom is -0.481 e. The number of aromatic nitrogens is 2. The fraction of sp³-hybridized carbons (Fsp3) is 0.429. The number of hydrogen-bond donors (Lipinski definition) is 4. The number of H-pyrrole nitrogens is 2. The third kappa shape index (κ3) is 2.61. The summed E-state index contributed by atoms with van der Waals surface area (Å²) < 4.78 is 0. The minimum atomic E-state index is -0.936. The predicted molar refractivity (Wildman–Crippen MR) is 50.2 cm³/mol. The van der Waals surface area contributed by atoms with E-state index in [-0.39, 0.29) is 18.0 Å². The van der Waals surface area contributed by atoms with E-state index in [9.17, 15) is 9.59 Å². The monoisotopic (exact) mass is 219 g/mol. The van der Waals surface area contributed by atoms with E-state index in [1.54, 1.807) is 0 Å². The minimum absolute atomic E-state index is 0.0648. The van der Waals surface area contributed by atoms with E-state index < -0.39 is 17.7 Å². The quantitative estimate of drug-likeness (QED) is 0.580. The van der Waals surface area contributed by atoms with Crippen LogP contribution in [0.2, 0.25) is 5.15 Å². The van der Waals surface area contributed by atoms with Crippen molar-refractivity contribution in [1.29, 1.82) is 0 Å². The highest BCUT2D eigenvalue weighted by Crippen LogP contribution is 2.18. The maximum atomic E-state index is 10.8. The summed E-state index contributed by atoms with van der Waals surface area (Å²) in [6.07, 6.45) is 0.160. The van der Waals surface area contributed by atoms with E-state index in [1.165, 1.54) is 0 Å². The Morgan fingerprint density at radius 3 is 2.64 bits per heavy atom. The fourth-order valence-corrected chi connectivity index (χ4v) is 1.33. The number of aliphatic carboxylic acids is 1. The van der Waals surface area contributed by atoms with Gasteiger partial charge in [0.15, 0.2) is 0 Å². The van der Waals surface area contributed by atoms with Crippen LogP contribution in [0.15, 0.2) is 4.79 Å². The highest BCUT2D eigenvalue weighted by molar-refractivity contribution is 6.30. The average molecular weight is 220 g/mol. The third-order valence-electron chi connectivity index (χ3n) is 1.75. The molecule has 14 heavy (non-hydrogen) atoms. The number of hydrogen-bond acceptors (Lipinski definition) is 3. The molecule has 0 radical (unpaired) electrons. The van der Waals surface area contributed by atoms with Crippen molar-refractivity contribution in [3.8, 4) is 0 Å². The molecule has 1 heterocycles. The van der Waals surface area contributed by atoms with Crippen LogP contribution in [0.4, 0.5) is 0 Å². The van der Waals surface area contributed by atoms with Gasteiger partial charge in [0.2, 0.25) is 0 Å². The molecule has 1 unspecified atom stereocenters. The lowest BCUT2D eigenvalue weighted by molar-refractivity contribution is -0.137. The van der Waals surface area contributed by atoms with Crippen LogP contribution in [-0.2, 0) is 4.79 Å². The molecule has 0 amide bonds. The van der Waals surface area contributed by atoms with Gasteiger partial charge < -0.3 is 15.8 Å². The van der Waals surface area contributed by atoms with E-state index >= 15 is 0 Å². The Labute approximate surface area is 84.1 Å². The van der Waals surface area contributed by atoms with Gasteiger partial charge in [-0.2, -0.15) is 0 Å². The van der Waals surface area contributed by atoms with Crippen molar-refractivity contribution >= 4 is 17.6 Å². The molecule has 78 valence electrons. The number of rotatable bonds is 4. The summed E-state index contributed by atoms with van der Waals surface area (Å²) in [5.74, 6) is -0.936. The molecule has 0 bridgehead atoms. The van der Waals surface area contributed by atoms with Gasteiger partial charge in [-0.25, -0.2) is 4.79 Å². The molecule has 6 nitrogen and oxygen atoms in total. The van der Waals surface area contributed by atoms with Crippen LogP contribution in [0, 0.1) is 0 Å². The molecule has 7 heteroatoms. The first-order valence-electron chi connectivity index (χ1n) is 3.95. The van der Waals surface area contributed by atoms with Crippen molar-refractivity contribution in [2.24, 2.45) is 5.73 Å².